The van der Waals surface area contributed by atoms with Crippen molar-refractivity contribution in [1.29, 1.82) is 0 Å². The van der Waals surface area contributed by atoms with Gasteiger partial charge in [-0.3, -0.25) is 0 Å². The second-order valence-electron chi connectivity index (χ2n) is 5.50. The van der Waals surface area contributed by atoms with Crippen LogP contribution in [0.15, 0.2) is 46.7 Å². The summed E-state index contributed by atoms with van der Waals surface area (Å²) in [7, 11) is -3.52. The maximum atomic E-state index is 12.5. The summed E-state index contributed by atoms with van der Waals surface area (Å²) in [5.41, 5.74) is 0. The Morgan fingerprint density at radius 1 is 1.22 bits per heavy atom. The monoisotopic (exact) mass is 353 g/mol. The molecule has 1 fully saturated rings. The Kier molecular flexibility index (Phi) is 4.88. The Morgan fingerprint density at radius 3 is 2.65 bits per heavy atom. The average Bonchev–Trinajstić information content (AvgIpc) is 2.95. The number of rotatable bonds is 5. The lowest BCUT2D eigenvalue weighted by molar-refractivity contribution is 0.422. The van der Waals surface area contributed by atoms with Gasteiger partial charge in [0.25, 0.3) is 0 Å². The van der Waals surface area contributed by atoms with E-state index in [1.54, 1.807) is 30.3 Å². The molecule has 0 aliphatic heterocycles. The van der Waals surface area contributed by atoms with E-state index >= 15 is 0 Å². The molecule has 0 bridgehead atoms. The quantitative estimate of drug-likeness (QED) is 0.787. The molecule has 2 aromatic rings. The van der Waals surface area contributed by atoms with Crippen molar-refractivity contribution in [1.82, 2.24) is 19.6 Å². The normalized spacial score (nSPS) is 22.1. The van der Waals surface area contributed by atoms with Crippen LogP contribution in [0.4, 0.5) is 0 Å². The van der Waals surface area contributed by atoms with Gasteiger partial charge in [0.1, 0.15) is 6.33 Å². The van der Waals surface area contributed by atoms with Gasteiger partial charge in [-0.05, 0) is 25.0 Å². The summed E-state index contributed by atoms with van der Waals surface area (Å²) in [5, 5.41) is 8.42. The first-order chi connectivity index (χ1) is 11.1. The molecule has 0 saturated heterocycles. The zero-order chi connectivity index (χ0) is 16.3. The van der Waals surface area contributed by atoms with Gasteiger partial charge in [-0.2, -0.15) is 0 Å². The first-order valence-electron chi connectivity index (χ1n) is 7.45. The summed E-state index contributed by atoms with van der Waals surface area (Å²) in [6.07, 6.45) is 5.24. The van der Waals surface area contributed by atoms with Gasteiger partial charge in [-0.1, -0.05) is 42.8 Å². The molecular weight excluding hydrogens is 334 g/mol. The lowest BCUT2D eigenvalue weighted by atomic mass is 9.96. The van der Waals surface area contributed by atoms with Crippen molar-refractivity contribution < 1.29 is 8.42 Å². The molecular formula is C14H19N5O2S2. The van der Waals surface area contributed by atoms with Crippen LogP contribution in [0.1, 0.15) is 25.7 Å². The van der Waals surface area contributed by atoms with E-state index in [1.807, 2.05) is 0 Å². The minimum absolute atomic E-state index is 0.0914. The Bertz CT molecular complexity index is 748. The Morgan fingerprint density at radius 2 is 1.96 bits per heavy atom. The van der Waals surface area contributed by atoms with Crippen molar-refractivity contribution >= 4 is 21.8 Å². The lowest BCUT2D eigenvalue weighted by Crippen LogP contribution is -2.43. The number of hydrogen-bond donors (Lipinski definition) is 2. The standard InChI is InChI=1S/C14H19N5O2S2/c15-19-10-16-17-14(19)22-13-9-5-4-8-12(13)18-23(20,21)11-6-2-1-3-7-11/h1-3,6-7,10,12-13,18H,4-5,8-9,15H2/t12-,13+/m1/s1. The minimum Gasteiger partial charge on any atom is -0.336 e. The summed E-state index contributed by atoms with van der Waals surface area (Å²) in [4.78, 5) is 0.288. The summed E-state index contributed by atoms with van der Waals surface area (Å²) >= 11 is 1.48. The fraction of sp³-hybridized carbons (Fsp3) is 0.429. The maximum absolute atomic E-state index is 12.5. The molecule has 3 rings (SSSR count). The molecule has 3 N–H and O–H groups in total. The fourth-order valence-corrected chi connectivity index (χ4v) is 5.30. The Labute approximate surface area is 139 Å². The molecule has 124 valence electrons. The first-order valence-corrected chi connectivity index (χ1v) is 9.82. The van der Waals surface area contributed by atoms with Gasteiger partial charge in [0.2, 0.25) is 15.2 Å². The van der Waals surface area contributed by atoms with Crippen LogP contribution < -0.4 is 10.6 Å². The number of nitrogen functional groups attached to an aromatic ring is 1. The first kappa shape index (κ1) is 16.3. The average molecular weight is 353 g/mol. The Balaban J connectivity index is 1.75. The van der Waals surface area contributed by atoms with Crippen molar-refractivity contribution in [2.75, 3.05) is 5.84 Å². The third-order valence-corrected chi connectivity index (χ3v) is 6.74. The molecule has 9 heteroatoms. The highest BCUT2D eigenvalue weighted by atomic mass is 32.2. The molecule has 1 heterocycles. The molecule has 0 radical (unpaired) electrons. The molecule has 7 nitrogen and oxygen atoms in total. The third-order valence-electron chi connectivity index (χ3n) is 3.86. The zero-order valence-corrected chi connectivity index (χ0v) is 14.1. The largest absolute Gasteiger partial charge is 0.336 e. The maximum Gasteiger partial charge on any atom is 0.240 e. The number of thioether (sulfide) groups is 1. The lowest BCUT2D eigenvalue weighted by Gasteiger charge is -2.31. The molecule has 2 atom stereocenters. The fourth-order valence-electron chi connectivity index (χ4n) is 2.69. The van der Waals surface area contributed by atoms with Crippen LogP contribution in [0.2, 0.25) is 0 Å². The molecule has 1 aliphatic rings. The summed E-state index contributed by atoms with van der Waals surface area (Å²) in [6.45, 7) is 0. The second-order valence-corrected chi connectivity index (χ2v) is 8.42. The van der Waals surface area contributed by atoms with Crippen LogP contribution >= 0.6 is 11.8 Å². The van der Waals surface area contributed by atoms with Crippen molar-refractivity contribution in [3.8, 4) is 0 Å². The predicted molar refractivity (Wildman–Crippen MR) is 88.8 cm³/mol. The van der Waals surface area contributed by atoms with Crippen molar-refractivity contribution in [3.05, 3.63) is 36.7 Å². The Hall–Kier alpha value is -1.58. The number of benzene rings is 1. The topological polar surface area (TPSA) is 103 Å². The highest BCUT2D eigenvalue weighted by Crippen LogP contribution is 2.33. The number of nitrogens with one attached hydrogen (secondary N) is 1. The van der Waals surface area contributed by atoms with Crippen molar-refractivity contribution in [2.45, 2.75) is 47.0 Å². The minimum atomic E-state index is -3.52. The van der Waals surface area contributed by atoms with E-state index < -0.39 is 10.0 Å². The van der Waals surface area contributed by atoms with E-state index in [9.17, 15) is 8.42 Å². The van der Waals surface area contributed by atoms with Gasteiger partial charge in [0.15, 0.2) is 0 Å². The number of nitrogens with zero attached hydrogens (tertiary/aromatic N) is 3. The van der Waals surface area contributed by atoms with E-state index in [2.05, 4.69) is 14.9 Å². The zero-order valence-electron chi connectivity index (χ0n) is 12.5. The molecule has 0 amide bonds. The van der Waals surface area contributed by atoms with Crippen LogP contribution in [0.3, 0.4) is 0 Å². The number of nitrogens with two attached hydrogens (primary N) is 1. The molecule has 1 aromatic heterocycles. The van der Waals surface area contributed by atoms with E-state index in [1.165, 1.54) is 22.8 Å². The second kappa shape index (κ2) is 6.90. The predicted octanol–water partition coefficient (Wildman–Crippen LogP) is 1.37. The van der Waals surface area contributed by atoms with Gasteiger partial charge >= 0.3 is 0 Å². The molecule has 23 heavy (non-hydrogen) atoms. The van der Waals surface area contributed by atoms with Gasteiger partial charge in [0.05, 0.1) is 4.90 Å². The van der Waals surface area contributed by atoms with Crippen molar-refractivity contribution in [2.24, 2.45) is 0 Å². The van der Waals surface area contributed by atoms with E-state index in [-0.39, 0.29) is 16.2 Å². The third kappa shape index (κ3) is 3.85. The van der Waals surface area contributed by atoms with Gasteiger partial charge < -0.3 is 5.84 Å². The van der Waals surface area contributed by atoms with Crippen molar-refractivity contribution in [3.63, 3.8) is 0 Å². The molecule has 1 saturated carbocycles. The van der Waals surface area contributed by atoms with E-state index in [0.29, 0.717) is 5.16 Å². The van der Waals surface area contributed by atoms with E-state index in [4.69, 9.17) is 5.84 Å². The number of hydrogen-bond acceptors (Lipinski definition) is 6. The molecule has 1 aromatic carbocycles. The molecule has 0 spiro atoms. The summed E-state index contributed by atoms with van der Waals surface area (Å²) < 4.78 is 29.3. The number of aromatic nitrogens is 3. The van der Waals surface area contributed by atoms with Gasteiger partial charge in [0, 0.05) is 11.3 Å². The highest BCUT2D eigenvalue weighted by molar-refractivity contribution is 7.99. The SMILES string of the molecule is Nn1cnnc1S[C@H]1CCCC[C@H]1NS(=O)(=O)c1ccccc1. The van der Waals surface area contributed by atoms with Crippen LogP contribution in [0.5, 0.6) is 0 Å². The summed E-state index contributed by atoms with van der Waals surface area (Å²) in [5.74, 6) is 5.75. The van der Waals surface area contributed by atoms with Gasteiger partial charge in [-0.25, -0.2) is 17.8 Å². The van der Waals surface area contributed by atoms with Gasteiger partial charge in [-0.15, -0.1) is 10.2 Å². The van der Waals surface area contributed by atoms with Crippen LogP contribution in [0, 0.1) is 0 Å². The van der Waals surface area contributed by atoms with E-state index in [0.717, 1.165) is 25.7 Å². The highest BCUT2D eigenvalue weighted by Gasteiger charge is 2.31. The van der Waals surface area contributed by atoms with Crippen LogP contribution in [-0.4, -0.2) is 34.6 Å². The summed E-state index contributed by atoms with van der Waals surface area (Å²) in [6, 6.07) is 8.30. The van der Waals surface area contributed by atoms with Crippen LogP contribution in [0.25, 0.3) is 0 Å². The molecule has 1 aliphatic carbocycles. The smallest absolute Gasteiger partial charge is 0.240 e. The molecule has 0 unspecified atom stereocenters. The number of sulfonamides is 1. The van der Waals surface area contributed by atoms with Crippen LogP contribution in [-0.2, 0) is 10.0 Å².